The van der Waals surface area contributed by atoms with Crippen LogP contribution in [0.15, 0.2) is 0 Å². The SMILES string of the molecule is CCNCCC1CCNCC1. The van der Waals surface area contributed by atoms with E-state index in [1.54, 1.807) is 0 Å². The summed E-state index contributed by atoms with van der Waals surface area (Å²) in [7, 11) is 0. The normalized spacial score (nSPS) is 20.5. The van der Waals surface area contributed by atoms with Crippen LogP contribution < -0.4 is 10.6 Å². The van der Waals surface area contributed by atoms with Crippen LogP contribution in [-0.4, -0.2) is 26.2 Å². The van der Waals surface area contributed by atoms with Gasteiger partial charge in [-0.1, -0.05) is 6.92 Å². The molecule has 0 spiro atoms. The Labute approximate surface area is 69.8 Å². The summed E-state index contributed by atoms with van der Waals surface area (Å²) < 4.78 is 0. The van der Waals surface area contributed by atoms with E-state index in [9.17, 15) is 0 Å². The van der Waals surface area contributed by atoms with Gasteiger partial charge in [-0.05, 0) is 51.4 Å². The minimum absolute atomic E-state index is 0.982. The third-order valence-corrected chi connectivity index (χ3v) is 2.44. The van der Waals surface area contributed by atoms with E-state index in [1.165, 1.54) is 38.9 Å². The fourth-order valence-electron chi connectivity index (χ4n) is 1.65. The van der Waals surface area contributed by atoms with E-state index >= 15 is 0 Å². The van der Waals surface area contributed by atoms with Gasteiger partial charge in [-0.3, -0.25) is 0 Å². The fourth-order valence-corrected chi connectivity index (χ4v) is 1.65. The fraction of sp³-hybridized carbons (Fsp3) is 1.00. The van der Waals surface area contributed by atoms with Gasteiger partial charge in [-0.15, -0.1) is 0 Å². The molecule has 0 radical (unpaired) electrons. The van der Waals surface area contributed by atoms with Crippen molar-refractivity contribution in [2.75, 3.05) is 26.2 Å². The number of hydrogen-bond donors (Lipinski definition) is 2. The lowest BCUT2D eigenvalue weighted by atomic mass is 9.95. The van der Waals surface area contributed by atoms with E-state index in [2.05, 4.69) is 17.6 Å². The van der Waals surface area contributed by atoms with Crippen molar-refractivity contribution >= 4 is 0 Å². The van der Waals surface area contributed by atoms with Crippen LogP contribution in [0.4, 0.5) is 0 Å². The second kappa shape index (κ2) is 5.56. The monoisotopic (exact) mass is 156 g/mol. The van der Waals surface area contributed by atoms with Gasteiger partial charge < -0.3 is 10.6 Å². The molecule has 1 fully saturated rings. The maximum absolute atomic E-state index is 3.38. The third-order valence-electron chi connectivity index (χ3n) is 2.44. The van der Waals surface area contributed by atoms with Crippen LogP contribution in [0.2, 0.25) is 0 Å². The summed E-state index contributed by atoms with van der Waals surface area (Å²) in [4.78, 5) is 0. The van der Waals surface area contributed by atoms with E-state index in [0.29, 0.717) is 0 Å². The Hall–Kier alpha value is -0.0800. The molecule has 0 unspecified atom stereocenters. The first-order chi connectivity index (χ1) is 5.43. The molecular formula is C9H20N2. The van der Waals surface area contributed by atoms with Crippen molar-refractivity contribution in [1.82, 2.24) is 10.6 Å². The van der Waals surface area contributed by atoms with Crippen LogP contribution in [0.25, 0.3) is 0 Å². The molecule has 11 heavy (non-hydrogen) atoms. The van der Waals surface area contributed by atoms with E-state index in [1.807, 2.05) is 0 Å². The Balaban J connectivity index is 1.96. The zero-order chi connectivity index (χ0) is 7.94. The molecule has 0 atom stereocenters. The number of nitrogens with one attached hydrogen (secondary N) is 2. The molecule has 0 bridgehead atoms. The van der Waals surface area contributed by atoms with Gasteiger partial charge in [0.15, 0.2) is 0 Å². The molecule has 66 valence electrons. The average molecular weight is 156 g/mol. The molecule has 1 saturated heterocycles. The zero-order valence-electron chi connectivity index (χ0n) is 7.53. The van der Waals surface area contributed by atoms with Crippen molar-refractivity contribution in [3.05, 3.63) is 0 Å². The topological polar surface area (TPSA) is 24.1 Å². The smallest absolute Gasteiger partial charge is 0.00463 e. The number of hydrogen-bond acceptors (Lipinski definition) is 2. The van der Waals surface area contributed by atoms with Crippen LogP contribution in [0.5, 0.6) is 0 Å². The molecule has 2 nitrogen and oxygen atoms in total. The number of piperidine rings is 1. The van der Waals surface area contributed by atoms with Gasteiger partial charge in [-0.2, -0.15) is 0 Å². The lowest BCUT2D eigenvalue weighted by molar-refractivity contribution is 0.349. The Kier molecular flexibility index (Phi) is 4.55. The second-order valence-electron chi connectivity index (χ2n) is 3.34. The average Bonchev–Trinajstić information content (AvgIpc) is 2.07. The molecule has 0 aromatic heterocycles. The van der Waals surface area contributed by atoms with Crippen LogP contribution in [-0.2, 0) is 0 Å². The van der Waals surface area contributed by atoms with E-state index < -0.39 is 0 Å². The number of rotatable bonds is 4. The van der Waals surface area contributed by atoms with E-state index in [4.69, 9.17) is 0 Å². The first-order valence-electron chi connectivity index (χ1n) is 4.85. The molecule has 2 heteroatoms. The Bertz CT molecular complexity index is 87.6. The maximum atomic E-state index is 3.38. The quantitative estimate of drug-likeness (QED) is 0.593. The molecule has 0 amide bonds. The van der Waals surface area contributed by atoms with Crippen molar-refractivity contribution in [3.63, 3.8) is 0 Å². The molecule has 1 aliphatic heterocycles. The van der Waals surface area contributed by atoms with Gasteiger partial charge in [0.2, 0.25) is 0 Å². The first kappa shape index (κ1) is 9.01. The van der Waals surface area contributed by atoms with Crippen molar-refractivity contribution in [3.8, 4) is 0 Å². The molecule has 0 aromatic carbocycles. The minimum atomic E-state index is 0.982. The third kappa shape index (κ3) is 3.73. The van der Waals surface area contributed by atoms with Crippen molar-refractivity contribution in [2.24, 2.45) is 5.92 Å². The minimum Gasteiger partial charge on any atom is -0.317 e. The standard InChI is InChI=1S/C9H20N2/c1-2-10-6-3-9-4-7-11-8-5-9/h9-11H,2-8H2,1H3. The molecule has 2 N–H and O–H groups in total. The lowest BCUT2D eigenvalue weighted by Crippen LogP contribution is -2.29. The zero-order valence-corrected chi connectivity index (χ0v) is 7.53. The molecular weight excluding hydrogens is 136 g/mol. The highest BCUT2D eigenvalue weighted by Gasteiger charge is 2.11. The molecule has 1 heterocycles. The highest BCUT2D eigenvalue weighted by Crippen LogP contribution is 2.14. The summed E-state index contributed by atoms with van der Waals surface area (Å²) in [6.07, 6.45) is 4.13. The highest BCUT2D eigenvalue weighted by molar-refractivity contribution is 4.68. The van der Waals surface area contributed by atoms with Gasteiger partial charge >= 0.3 is 0 Å². The summed E-state index contributed by atoms with van der Waals surface area (Å²) >= 11 is 0. The first-order valence-corrected chi connectivity index (χ1v) is 4.85. The Morgan fingerprint density at radius 1 is 1.36 bits per heavy atom. The van der Waals surface area contributed by atoms with Crippen LogP contribution in [0.1, 0.15) is 26.2 Å². The second-order valence-corrected chi connectivity index (χ2v) is 3.34. The van der Waals surface area contributed by atoms with Gasteiger partial charge in [0.05, 0.1) is 0 Å². The summed E-state index contributed by atoms with van der Waals surface area (Å²) in [6.45, 7) is 6.96. The highest BCUT2D eigenvalue weighted by atomic mass is 14.9. The Morgan fingerprint density at radius 3 is 2.73 bits per heavy atom. The van der Waals surface area contributed by atoms with Gasteiger partial charge in [0.1, 0.15) is 0 Å². The van der Waals surface area contributed by atoms with Crippen molar-refractivity contribution in [2.45, 2.75) is 26.2 Å². The summed E-state index contributed by atoms with van der Waals surface area (Å²) in [5, 5.41) is 6.76. The van der Waals surface area contributed by atoms with E-state index in [0.717, 1.165) is 12.5 Å². The largest absolute Gasteiger partial charge is 0.317 e. The van der Waals surface area contributed by atoms with Crippen LogP contribution in [0.3, 0.4) is 0 Å². The molecule has 1 aliphatic rings. The lowest BCUT2D eigenvalue weighted by Gasteiger charge is -2.22. The van der Waals surface area contributed by atoms with Gasteiger partial charge in [-0.25, -0.2) is 0 Å². The predicted molar refractivity (Wildman–Crippen MR) is 48.8 cm³/mol. The molecule has 0 aliphatic carbocycles. The Morgan fingerprint density at radius 2 is 2.09 bits per heavy atom. The van der Waals surface area contributed by atoms with Crippen LogP contribution in [0, 0.1) is 5.92 Å². The summed E-state index contributed by atoms with van der Waals surface area (Å²) in [5.74, 6) is 0.982. The van der Waals surface area contributed by atoms with Crippen molar-refractivity contribution in [1.29, 1.82) is 0 Å². The molecule has 0 aromatic rings. The molecule has 1 rings (SSSR count). The van der Waals surface area contributed by atoms with Gasteiger partial charge in [0.25, 0.3) is 0 Å². The maximum Gasteiger partial charge on any atom is -0.00463 e. The van der Waals surface area contributed by atoms with E-state index in [-0.39, 0.29) is 0 Å². The van der Waals surface area contributed by atoms with Crippen LogP contribution >= 0.6 is 0 Å². The molecule has 0 saturated carbocycles. The van der Waals surface area contributed by atoms with Gasteiger partial charge in [0, 0.05) is 0 Å². The predicted octanol–water partition coefficient (Wildman–Crippen LogP) is 0.986. The summed E-state index contributed by atoms with van der Waals surface area (Å²) in [6, 6.07) is 0. The van der Waals surface area contributed by atoms with Crippen molar-refractivity contribution < 1.29 is 0 Å². The summed E-state index contributed by atoms with van der Waals surface area (Å²) in [5.41, 5.74) is 0.